The standard InChI is InChI=1S/C17H26BN3O5S/c1-12(22)21-8-6-7-14(21)11-27(23,24)15-19-9-13(10-20-15)18-25-16(2,3)17(4,5)26-18/h9-10,14H,6-8,11H2,1-5H3. The zero-order valence-electron chi connectivity index (χ0n) is 16.4. The number of hydrogen-bond acceptors (Lipinski definition) is 7. The van der Waals surface area contributed by atoms with Crippen LogP contribution in [0.2, 0.25) is 0 Å². The minimum Gasteiger partial charge on any atom is -0.399 e. The van der Waals surface area contributed by atoms with E-state index >= 15 is 0 Å². The number of carbonyl (C=O) groups excluding carboxylic acids is 1. The van der Waals surface area contributed by atoms with Gasteiger partial charge in [-0.15, -0.1) is 0 Å². The summed E-state index contributed by atoms with van der Waals surface area (Å²) >= 11 is 0. The fourth-order valence-electron chi connectivity index (χ4n) is 3.34. The van der Waals surface area contributed by atoms with Crippen LogP contribution in [0.25, 0.3) is 0 Å². The van der Waals surface area contributed by atoms with E-state index in [1.807, 2.05) is 27.7 Å². The summed E-state index contributed by atoms with van der Waals surface area (Å²) in [5, 5.41) is -0.238. The molecule has 0 radical (unpaired) electrons. The van der Waals surface area contributed by atoms with Gasteiger partial charge in [0.05, 0.1) is 17.0 Å². The van der Waals surface area contributed by atoms with Gasteiger partial charge in [0.15, 0.2) is 0 Å². The minimum atomic E-state index is -3.69. The first-order valence-corrected chi connectivity index (χ1v) is 10.8. The highest BCUT2D eigenvalue weighted by Crippen LogP contribution is 2.36. The van der Waals surface area contributed by atoms with Crippen LogP contribution >= 0.6 is 0 Å². The molecule has 0 bridgehead atoms. The third kappa shape index (κ3) is 3.88. The second-order valence-electron chi connectivity index (χ2n) is 8.18. The molecule has 0 N–H and O–H groups in total. The molecule has 1 amide bonds. The molecule has 3 heterocycles. The van der Waals surface area contributed by atoms with Gasteiger partial charge < -0.3 is 14.2 Å². The highest BCUT2D eigenvalue weighted by Gasteiger charge is 2.52. The number of sulfone groups is 1. The van der Waals surface area contributed by atoms with Gasteiger partial charge in [0, 0.05) is 37.4 Å². The van der Waals surface area contributed by atoms with Gasteiger partial charge in [-0.1, -0.05) is 0 Å². The van der Waals surface area contributed by atoms with Gasteiger partial charge in [0.1, 0.15) is 0 Å². The summed E-state index contributed by atoms with van der Waals surface area (Å²) in [6.45, 7) is 9.81. The third-order valence-electron chi connectivity index (χ3n) is 5.65. The lowest BCUT2D eigenvalue weighted by Crippen LogP contribution is -2.41. The van der Waals surface area contributed by atoms with Gasteiger partial charge in [-0.05, 0) is 40.5 Å². The van der Waals surface area contributed by atoms with Crippen LogP contribution in [0.5, 0.6) is 0 Å². The van der Waals surface area contributed by atoms with Crippen LogP contribution in [0.3, 0.4) is 0 Å². The average Bonchev–Trinajstić information content (AvgIpc) is 3.09. The lowest BCUT2D eigenvalue weighted by molar-refractivity contribution is -0.129. The first-order valence-electron chi connectivity index (χ1n) is 9.10. The number of rotatable bonds is 4. The summed E-state index contributed by atoms with van der Waals surface area (Å²) in [7, 11) is -4.34. The van der Waals surface area contributed by atoms with Crippen molar-refractivity contribution in [2.24, 2.45) is 0 Å². The Kier molecular flexibility index (Phi) is 5.11. The number of carbonyl (C=O) groups is 1. The molecule has 2 fully saturated rings. The van der Waals surface area contributed by atoms with Crippen LogP contribution in [-0.2, 0) is 23.9 Å². The van der Waals surface area contributed by atoms with Crippen molar-refractivity contribution < 1.29 is 22.5 Å². The zero-order valence-corrected chi connectivity index (χ0v) is 17.2. The number of amides is 1. The monoisotopic (exact) mass is 395 g/mol. The molecule has 27 heavy (non-hydrogen) atoms. The predicted octanol–water partition coefficient (Wildman–Crippen LogP) is 0.560. The fraction of sp³-hybridized carbons (Fsp3) is 0.706. The normalized spacial score (nSPS) is 24.4. The second-order valence-corrected chi connectivity index (χ2v) is 10.1. The van der Waals surface area contributed by atoms with Gasteiger partial charge in [0.2, 0.25) is 20.9 Å². The van der Waals surface area contributed by atoms with E-state index in [9.17, 15) is 13.2 Å². The Morgan fingerprint density at radius 1 is 1.22 bits per heavy atom. The number of nitrogens with zero attached hydrogens (tertiary/aromatic N) is 3. The average molecular weight is 395 g/mol. The maximum Gasteiger partial charge on any atom is 0.498 e. The molecule has 10 heteroatoms. The summed E-state index contributed by atoms with van der Waals surface area (Å²) in [5.41, 5.74) is -0.430. The van der Waals surface area contributed by atoms with Crippen molar-refractivity contribution >= 4 is 28.3 Å². The van der Waals surface area contributed by atoms with Gasteiger partial charge in [-0.3, -0.25) is 4.79 Å². The second kappa shape index (κ2) is 6.82. The maximum absolute atomic E-state index is 12.7. The maximum atomic E-state index is 12.7. The molecule has 0 aliphatic carbocycles. The van der Waals surface area contributed by atoms with Crippen LogP contribution in [0.15, 0.2) is 17.6 Å². The molecular formula is C17H26BN3O5S. The quantitative estimate of drug-likeness (QED) is 0.543. The van der Waals surface area contributed by atoms with E-state index in [2.05, 4.69) is 9.97 Å². The van der Waals surface area contributed by atoms with Crippen LogP contribution in [0.1, 0.15) is 47.5 Å². The molecule has 0 saturated carbocycles. The van der Waals surface area contributed by atoms with E-state index in [1.165, 1.54) is 19.3 Å². The number of likely N-dealkylation sites (tertiary alicyclic amines) is 1. The topological polar surface area (TPSA) is 98.7 Å². The summed E-state index contributed by atoms with van der Waals surface area (Å²) in [4.78, 5) is 21.3. The molecule has 2 saturated heterocycles. The first kappa shape index (κ1) is 20.2. The molecule has 1 aromatic heterocycles. The molecule has 1 unspecified atom stereocenters. The van der Waals surface area contributed by atoms with Crippen LogP contribution < -0.4 is 5.46 Å². The van der Waals surface area contributed by atoms with Gasteiger partial charge in [-0.2, -0.15) is 0 Å². The summed E-state index contributed by atoms with van der Waals surface area (Å²) in [5.74, 6) is -0.271. The van der Waals surface area contributed by atoms with Crippen LogP contribution in [-0.4, -0.2) is 65.9 Å². The lowest BCUT2D eigenvalue weighted by atomic mass is 9.81. The molecule has 2 aliphatic rings. The van der Waals surface area contributed by atoms with E-state index in [0.717, 1.165) is 6.42 Å². The Labute approximate surface area is 160 Å². The van der Waals surface area contributed by atoms with Crippen molar-refractivity contribution in [1.29, 1.82) is 0 Å². The SMILES string of the molecule is CC(=O)N1CCCC1CS(=O)(=O)c1ncc(B2OC(C)(C)C(C)(C)O2)cn1. The molecule has 1 atom stereocenters. The lowest BCUT2D eigenvalue weighted by Gasteiger charge is -2.32. The van der Waals surface area contributed by atoms with E-state index < -0.39 is 28.2 Å². The largest absolute Gasteiger partial charge is 0.498 e. The Bertz CT molecular complexity index is 809. The van der Waals surface area contributed by atoms with Crippen molar-refractivity contribution in [3.05, 3.63) is 12.4 Å². The van der Waals surface area contributed by atoms with Crippen LogP contribution in [0.4, 0.5) is 0 Å². The zero-order chi connectivity index (χ0) is 20.0. The van der Waals surface area contributed by atoms with Gasteiger partial charge in [-0.25, -0.2) is 18.4 Å². The predicted molar refractivity (Wildman–Crippen MR) is 100 cm³/mol. The van der Waals surface area contributed by atoms with Crippen molar-refractivity contribution in [1.82, 2.24) is 14.9 Å². The molecule has 0 spiro atoms. The molecule has 1 aromatic rings. The summed E-state index contributed by atoms with van der Waals surface area (Å²) in [6, 6.07) is -0.320. The van der Waals surface area contributed by atoms with Crippen molar-refractivity contribution in [3.8, 4) is 0 Å². The molecular weight excluding hydrogens is 369 g/mol. The smallest absolute Gasteiger partial charge is 0.399 e. The first-order chi connectivity index (χ1) is 12.4. The minimum absolute atomic E-state index is 0.107. The van der Waals surface area contributed by atoms with E-state index in [1.54, 1.807) is 4.90 Å². The van der Waals surface area contributed by atoms with Gasteiger partial charge >= 0.3 is 7.12 Å². The summed E-state index contributed by atoms with van der Waals surface area (Å²) < 4.78 is 37.2. The van der Waals surface area contributed by atoms with Crippen molar-refractivity contribution in [2.45, 2.75) is 69.9 Å². The number of aromatic nitrogens is 2. The Morgan fingerprint density at radius 2 is 1.78 bits per heavy atom. The Morgan fingerprint density at radius 3 is 2.30 bits per heavy atom. The number of hydrogen-bond donors (Lipinski definition) is 0. The highest BCUT2D eigenvalue weighted by atomic mass is 32.2. The fourth-order valence-corrected chi connectivity index (χ4v) is 4.77. The molecule has 3 rings (SSSR count). The van der Waals surface area contributed by atoms with Crippen molar-refractivity contribution in [2.75, 3.05) is 12.3 Å². The van der Waals surface area contributed by atoms with Crippen LogP contribution in [0, 0.1) is 0 Å². The third-order valence-corrected chi connectivity index (χ3v) is 7.24. The Hall–Kier alpha value is -1.52. The molecule has 148 valence electrons. The Balaban J connectivity index is 1.74. The highest BCUT2D eigenvalue weighted by molar-refractivity contribution is 7.91. The van der Waals surface area contributed by atoms with E-state index in [-0.39, 0.29) is 22.9 Å². The van der Waals surface area contributed by atoms with E-state index in [4.69, 9.17) is 9.31 Å². The van der Waals surface area contributed by atoms with Crippen molar-refractivity contribution in [3.63, 3.8) is 0 Å². The molecule has 2 aliphatic heterocycles. The molecule has 8 nitrogen and oxygen atoms in total. The molecule has 0 aromatic carbocycles. The summed E-state index contributed by atoms with van der Waals surface area (Å²) in [6.07, 6.45) is 4.34. The van der Waals surface area contributed by atoms with Gasteiger partial charge in [0.25, 0.3) is 0 Å². The van der Waals surface area contributed by atoms with E-state index in [0.29, 0.717) is 18.4 Å².